The first-order valence-corrected chi connectivity index (χ1v) is 23.1. The van der Waals surface area contributed by atoms with Crippen LogP contribution in [0.2, 0.25) is 0 Å². The van der Waals surface area contributed by atoms with Crippen molar-refractivity contribution in [2.75, 3.05) is 6.54 Å². The minimum Gasteiger partial charge on any atom is -0.480 e. The molecule has 0 saturated heterocycles. The lowest BCUT2D eigenvalue weighted by Gasteiger charge is -2.18. The summed E-state index contributed by atoms with van der Waals surface area (Å²) in [5.74, 6) is -1.25. The van der Waals surface area contributed by atoms with Crippen molar-refractivity contribution in [2.45, 2.75) is 245 Å². The zero-order chi connectivity index (χ0) is 39.4. The van der Waals surface area contributed by atoms with Crippen LogP contribution in [0.1, 0.15) is 239 Å². The number of hydrogen-bond acceptors (Lipinski definition) is 4. The maximum atomic E-state index is 12.8. The van der Waals surface area contributed by atoms with E-state index in [1.807, 2.05) is 0 Å². The summed E-state index contributed by atoms with van der Waals surface area (Å²) in [4.78, 5) is 35.1. The van der Waals surface area contributed by atoms with E-state index in [-0.39, 0.29) is 24.5 Å². The Morgan fingerprint density at radius 3 is 1.37 bits per heavy atom. The molecule has 0 saturated carbocycles. The number of carboxylic acids is 1. The molecule has 1 amide bonds. The van der Waals surface area contributed by atoms with Crippen molar-refractivity contribution >= 4 is 17.8 Å². The van der Waals surface area contributed by atoms with Gasteiger partial charge in [0.2, 0.25) is 5.91 Å². The van der Waals surface area contributed by atoms with E-state index in [2.05, 4.69) is 55.6 Å². The van der Waals surface area contributed by atoms with E-state index >= 15 is 0 Å². The van der Waals surface area contributed by atoms with Crippen molar-refractivity contribution in [3.63, 3.8) is 0 Å². The average Bonchev–Trinajstić information content (AvgIpc) is 3.16. The maximum absolute atomic E-state index is 12.8. The molecule has 0 aliphatic carbocycles. The zero-order valence-corrected chi connectivity index (χ0v) is 35.6. The van der Waals surface area contributed by atoms with E-state index in [0.717, 1.165) is 77.0 Å². The number of hydrogen-bond donors (Lipinski definition) is 2. The van der Waals surface area contributed by atoms with Crippen molar-refractivity contribution in [3.05, 3.63) is 36.5 Å². The number of carbonyl (C=O) groups excluding carboxylic acids is 2. The lowest BCUT2D eigenvalue weighted by Crippen LogP contribution is -2.28. The molecule has 2 N–H and O–H groups in total. The van der Waals surface area contributed by atoms with Crippen molar-refractivity contribution < 1.29 is 24.2 Å². The summed E-state index contributed by atoms with van der Waals surface area (Å²) in [5.41, 5.74) is 0. The summed E-state index contributed by atoms with van der Waals surface area (Å²) >= 11 is 0. The van der Waals surface area contributed by atoms with Gasteiger partial charge in [0.25, 0.3) is 0 Å². The Labute approximate surface area is 334 Å². The Bertz CT molecular complexity index is 926. The molecular weight excluding hydrogens is 671 g/mol. The van der Waals surface area contributed by atoms with Crippen molar-refractivity contribution in [2.24, 2.45) is 0 Å². The monoisotopic (exact) mass is 758 g/mol. The van der Waals surface area contributed by atoms with Crippen LogP contribution in [0.25, 0.3) is 0 Å². The third kappa shape index (κ3) is 42.4. The number of carboxylic acid groups (broad SMARTS) is 1. The molecule has 0 rings (SSSR count). The van der Waals surface area contributed by atoms with Gasteiger partial charge in [0.1, 0.15) is 12.6 Å². The molecule has 0 aromatic carbocycles. The fraction of sp³-hybridized carbons (Fsp3) is 0.812. The van der Waals surface area contributed by atoms with E-state index < -0.39 is 5.97 Å². The molecule has 0 aromatic rings. The van der Waals surface area contributed by atoms with Crippen molar-refractivity contribution in [1.29, 1.82) is 0 Å². The second kappa shape index (κ2) is 43.4. The summed E-state index contributed by atoms with van der Waals surface area (Å²) in [6.45, 7) is 4.21. The largest absolute Gasteiger partial charge is 0.480 e. The molecule has 54 heavy (non-hydrogen) atoms. The number of unbranched alkanes of at least 4 members (excludes halogenated alkanes) is 25. The van der Waals surface area contributed by atoms with Crippen molar-refractivity contribution in [1.82, 2.24) is 5.32 Å². The lowest BCUT2D eigenvalue weighted by molar-refractivity contribution is -0.150. The highest BCUT2D eigenvalue weighted by Gasteiger charge is 2.14. The zero-order valence-electron chi connectivity index (χ0n) is 35.6. The van der Waals surface area contributed by atoms with Gasteiger partial charge in [-0.3, -0.25) is 14.4 Å². The standard InChI is InChI=1S/C48H87NO5/c1-3-5-7-9-11-13-15-16-17-18-19-20-21-22-23-24-26-28-30-35-39-43-48(53)54-45(40-36-32-29-27-25-14-12-10-8-6-4-2)41-37-33-31-34-38-42-46(50)49-44-47(51)52/h15-16,18-19,27,29,45H,3-14,17,20-26,28,30-44H2,1-2H3,(H,49,50)(H,51,52)/b16-15-,19-18-,29-27-. The summed E-state index contributed by atoms with van der Waals surface area (Å²) in [5, 5.41) is 11.1. The van der Waals surface area contributed by atoms with Crippen LogP contribution >= 0.6 is 0 Å². The van der Waals surface area contributed by atoms with Gasteiger partial charge >= 0.3 is 11.9 Å². The summed E-state index contributed by atoms with van der Waals surface area (Å²) < 4.78 is 6.02. The number of allylic oxidation sites excluding steroid dienone is 6. The van der Waals surface area contributed by atoms with Gasteiger partial charge in [-0.25, -0.2) is 0 Å². The molecule has 6 heteroatoms. The molecule has 1 atom stereocenters. The van der Waals surface area contributed by atoms with Gasteiger partial charge < -0.3 is 15.2 Å². The Kier molecular flexibility index (Phi) is 41.5. The second-order valence-corrected chi connectivity index (χ2v) is 15.6. The lowest BCUT2D eigenvalue weighted by atomic mass is 10.0. The topological polar surface area (TPSA) is 92.7 Å². The van der Waals surface area contributed by atoms with Crippen LogP contribution in [0.3, 0.4) is 0 Å². The fourth-order valence-electron chi connectivity index (χ4n) is 6.84. The van der Waals surface area contributed by atoms with Gasteiger partial charge in [-0.1, -0.05) is 172 Å². The van der Waals surface area contributed by atoms with Gasteiger partial charge in [-0.15, -0.1) is 0 Å². The number of carbonyl (C=O) groups is 3. The Hall–Kier alpha value is -2.37. The molecule has 0 aliphatic heterocycles. The van der Waals surface area contributed by atoms with Gasteiger partial charge in [0.15, 0.2) is 0 Å². The van der Waals surface area contributed by atoms with Gasteiger partial charge in [0, 0.05) is 12.8 Å². The highest BCUT2D eigenvalue weighted by molar-refractivity contribution is 5.80. The third-order valence-electron chi connectivity index (χ3n) is 10.3. The Morgan fingerprint density at radius 1 is 0.481 bits per heavy atom. The van der Waals surface area contributed by atoms with Crippen LogP contribution in [-0.4, -0.2) is 35.6 Å². The number of esters is 1. The van der Waals surface area contributed by atoms with Crippen LogP contribution in [0.15, 0.2) is 36.5 Å². The smallest absolute Gasteiger partial charge is 0.322 e. The van der Waals surface area contributed by atoms with Crippen LogP contribution < -0.4 is 5.32 Å². The number of aliphatic carboxylic acids is 1. The van der Waals surface area contributed by atoms with Crippen molar-refractivity contribution in [3.8, 4) is 0 Å². The third-order valence-corrected chi connectivity index (χ3v) is 10.3. The van der Waals surface area contributed by atoms with Gasteiger partial charge in [-0.2, -0.15) is 0 Å². The molecule has 0 aromatic heterocycles. The highest BCUT2D eigenvalue weighted by atomic mass is 16.5. The maximum Gasteiger partial charge on any atom is 0.322 e. The first-order chi connectivity index (χ1) is 26.5. The number of ether oxygens (including phenoxy) is 1. The van der Waals surface area contributed by atoms with Crippen LogP contribution in [-0.2, 0) is 19.1 Å². The Morgan fingerprint density at radius 2 is 0.870 bits per heavy atom. The second-order valence-electron chi connectivity index (χ2n) is 15.6. The molecule has 6 nitrogen and oxygen atoms in total. The number of nitrogens with one attached hydrogen (secondary N) is 1. The molecular formula is C48H87NO5. The number of amides is 1. The fourth-order valence-corrected chi connectivity index (χ4v) is 6.84. The predicted molar refractivity (Wildman–Crippen MR) is 231 cm³/mol. The van der Waals surface area contributed by atoms with E-state index in [0.29, 0.717) is 12.8 Å². The summed E-state index contributed by atoms with van der Waals surface area (Å²) in [6.07, 6.45) is 54.2. The molecule has 0 fully saturated rings. The van der Waals surface area contributed by atoms with E-state index in [4.69, 9.17) is 9.84 Å². The predicted octanol–water partition coefficient (Wildman–Crippen LogP) is 14.5. The molecule has 0 spiro atoms. The highest BCUT2D eigenvalue weighted by Crippen LogP contribution is 2.18. The van der Waals surface area contributed by atoms with Crippen LogP contribution in [0.4, 0.5) is 0 Å². The molecule has 0 bridgehead atoms. The normalized spacial score (nSPS) is 12.3. The van der Waals surface area contributed by atoms with E-state index in [9.17, 15) is 14.4 Å². The Balaban J connectivity index is 4.09. The average molecular weight is 758 g/mol. The summed E-state index contributed by atoms with van der Waals surface area (Å²) in [6, 6.07) is 0. The molecule has 1 unspecified atom stereocenters. The molecule has 0 aliphatic rings. The SMILES string of the molecule is CCCCCCC/C=C\C/C=C\CCCCCCCCCCCC(=O)OC(CCC/C=C\CCCCCCCC)CCCCCCCC(=O)NCC(=O)O. The first kappa shape index (κ1) is 51.6. The van der Waals surface area contributed by atoms with Gasteiger partial charge in [-0.05, 0) is 89.9 Å². The first-order valence-electron chi connectivity index (χ1n) is 23.1. The molecule has 314 valence electrons. The van der Waals surface area contributed by atoms with E-state index in [1.54, 1.807) is 0 Å². The van der Waals surface area contributed by atoms with E-state index in [1.165, 1.54) is 135 Å². The molecule has 0 heterocycles. The minimum absolute atomic E-state index is 0.00602. The minimum atomic E-state index is -1.02. The van der Waals surface area contributed by atoms with Gasteiger partial charge in [0.05, 0.1) is 0 Å². The molecule has 0 radical (unpaired) electrons. The quantitative estimate of drug-likeness (QED) is 0.0367. The number of rotatable bonds is 42. The van der Waals surface area contributed by atoms with Crippen LogP contribution in [0.5, 0.6) is 0 Å². The van der Waals surface area contributed by atoms with Crippen LogP contribution in [0, 0.1) is 0 Å². The summed E-state index contributed by atoms with van der Waals surface area (Å²) in [7, 11) is 0.